The van der Waals surface area contributed by atoms with Gasteiger partial charge < -0.3 is 16.1 Å². The third kappa shape index (κ3) is 4.47. The number of rotatable bonds is 5. The normalized spacial score (nSPS) is 9.53. The van der Waals surface area contributed by atoms with Crippen molar-refractivity contribution in [1.29, 1.82) is 0 Å². The Bertz CT molecular complexity index is 390. The zero-order chi connectivity index (χ0) is 12.7. The molecule has 0 bridgehead atoms. The van der Waals surface area contributed by atoms with Crippen LogP contribution in [0.25, 0.3) is 0 Å². The van der Waals surface area contributed by atoms with Crippen LogP contribution in [-0.4, -0.2) is 29.9 Å². The van der Waals surface area contributed by atoms with Gasteiger partial charge in [0.2, 0.25) is 5.91 Å². The van der Waals surface area contributed by atoms with Crippen LogP contribution in [0.5, 0.6) is 0 Å². The second kappa shape index (κ2) is 6.44. The molecule has 7 nitrogen and oxygen atoms in total. The molecule has 0 saturated heterocycles. The summed E-state index contributed by atoms with van der Waals surface area (Å²) in [4.78, 5) is 26.0. The van der Waals surface area contributed by atoms with Crippen LogP contribution < -0.4 is 21.9 Å². The minimum Gasteiger partial charge on any atom is -0.355 e. The zero-order valence-corrected chi connectivity index (χ0v) is 9.49. The van der Waals surface area contributed by atoms with E-state index in [0.717, 1.165) is 0 Å². The van der Waals surface area contributed by atoms with Gasteiger partial charge in [0.05, 0.1) is 11.9 Å². The number of aromatic nitrogens is 1. The van der Waals surface area contributed by atoms with Crippen LogP contribution in [0.2, 0.25) is 0 Å². The fourth-order valence-electron chi connectivity index (χ4n) is 1.12. The number of hydrazine groups is 1. The molecule has 7 heteroatoms. The van der Waals surface area contributed by atoms with Gasteiger partial charge in [-0.2, -0.15) is 0 Å². The Balaban J connectivity index is 2.38. The molecule has 2 amide bonds. The lowest BCUT2D eigenvalue weighted by molar-refractivity contribution is -0.118. The van der Waals surface area contributed by atoms with E-state index in [4.69, 9.17) is 5.84 Å². The molecule has 1 heterocycles. The van der Waals surface area contributed by atoms with E-state index in [1.165, 1.54) is 13.1 Å². The van der Waals surface area contributed by atoms with Crippen LogP contribution in [0.1, 0.15) is 17.4 Å². The maximum Gasteiger partial charge on any atom is 0.269 e. The highest BCUT2D eigenvalue weighted by Gasteiger charge is 2.05. The highest BCUT2D eigenvalue weighted by atomic mass is 16.2. The molecule has 92 valence electrons. The molecule has 0 atom stereocenters. The van der Waals surface area contributed by atoms with E-state index in [1.54, 1.807) is 12.1 Å². The first-order valence-corrected chi connectivity index (χ1v) is 5.09. The summed E-state index contributed by atoms with van der Waals surface area (Å²) in [7, 11) is 0. The fraction of sp³-hybridized carbons (Fsp3) is 0.300. The average Bonchev–Trinajstić information content (AvgIpc) is 2.34. The highest BCUT2D eigenvalue weighted by molar-refractivity contribution is 5.92. The van der Waals surface area contributed by atoms with Crippen molar-refractivity contribution in [2.45, 2.75) is 6.92 Å². The molecule has 0 spiro atoms. The lowest BCUT2D eigenvalue weighted by atomic mass is 10.3. The van der Waals surface area contributed by atoms with E-state index in [9.17, 15) is 9.59 Å². The SMILES string of the molecule is CC(=O)NCCNC(=O)c1ccc(NN)cn1. The fourth-order valence-corrected chi connectivity index (χ4v) is 1.12. The van der Waals surface area contributed by atoms with Gasteiger partial charge in [0, 0.05) is 20.0 Å². The van der Waals surface area contributed by atoms with Crippen molar-refractivity contribution in [3.8, 4) is 0 Å². The number of amides is 2. The minimum absolute atomic E-state index is 0.129. The monoisotopic (exact) mass is 237 g/mol. The molecule has 0 aromatic carbocycles. The molecule has 0 unspecified atom stereocenters. The summed E-state index contributed by atoms with van der Waals surface area (Å²) in [5.41, 5.74) is 3.34. The molecule has 0 saturated carbocycles. The third-order valence-corrected chi connectivity index (χ3v) is 1.95. The molecule has 0 fully saturated rings. The molecule has 17 heavy (non-hydrogen) atoms. The third-order valence-electron chi connectivity index (χ3n) is 1.95. The largest absolute Gasteiger partial charge is 0.355 e. The maximum absolute atomic E-state index is 11.6. The minimum atomic E-state index is -0.293. The smallest absolute Gasteiger partial charge is 0.269 e. The quantitative estimate of drug-likeness (QED) is 0.305. The van der Waals surface area contributed by atoms with Crippen molar-refractivity contribution in [3.05, 3.63) is 24.0 Å². The summed E-state index contributed by atoms with van der Waals surface area (Å²) in [6.45, 7) is 2.17. The first-order valence-electron chi connectivity index (χ1n) is 5.09. The first kappa shape index (κ1) is 12.9. The average molecular weight is 237 g/mol. The molecule has 1 rings (SSSR count). The molecular weight excluding hydrogens is 222 g/mol. The van der Waals surface area contributed by atoms with E-state index in [-0.39, 0.29) is 11.8 Å². The second-order valence-corrected chi connectivity index (χ2v) is 3.32. The van der Waals surface area contributed by atoms with E-state index in [2.05, 4.69) is 21.0 Å². The Morgan fingerprint density at radius 2 is 2.00 bits per heavy atom. The zero-order valence-electron chi connectivity index (χ0n) is 9.49. The van der Waals surface area contributed by atoms with Gasteiger partial charge in [0.15, 0.2) is 0 Å². The summed E-state index contributed by atoms with van der Waals surface area (Å²) in [5, 5.41) is 5.19. The van der Waals surface area contributed by atoms with Crippen molar-refractivity contribution in [2.24, 2.45) is 5.84 Å². The van der Waals surface area contributed by atoms with Crippen molar-refractivity contribution in [2.75, 3.05) is 18.5 Å². The Labute approximate surface area is 98.8 Å². The number of carbonyl (C=O) groups is 2. The summed E-state index contributed by atoms with van der Waals surface area (Å²) in [6, 6.07) is 3.21. The number of carbonyl (C=O) groups excluding carboxylic acids is 2. The maximum atomic E-state index is 11.6. The van der Waals surface area contributed by atoms with Crippen molar-refractivity contribution in [3.63, 3.8) is 0 Å². The van der Waals surface area contributed by atoms with Crippen LogP contribution in [-0.2, 0) is 4.79 Å². The predicted molar refractivity (Wildman–Crippen MR) is 63.1 cm³/mol. The van der Waals surface area contributed by atoms with Gasteiger partial charge in [-0.05, 0) is 12.1 Å². The summed E-state index contributed by atoms with van der Waals surface area (Å²) in [6.07, 6.45) is 1.46. The van der Waals surface area contributed by atoms with Gasteiger partial charge in [-0.1, -0.05) is 0 Å². The van der Waals surface area contributed by atoms with Crippen LogP contribution in [0.4, 0.5) is 5.69 Å². The van der Waals surface area contributed by atoms with Crippen LogP contribution in [0.3, 0.4) is 0 Å². The van der Waals surface area contributed by atoms with Crippen LogP contribution in [0.15, 0.2) is 18.3 Å². The topological polar surface area (TPSA) is 109 Å². The number of nitrogens with one attached hydrogen (secondary N) is 3. The number of hydrogen-bond acceptors (Lipinski definition) is 5. The molecule has 0 aliphatic heterocycles. The van der Waals surface area contributed by atoms with Gasteiger partial charge in [0.1, 0.15) is 5.69 Å². The number of nitrogens with two attached hydrogens (primary N) is 1. The molecule has 0 aliphatic rings. The van der Waals surface area contributed by atoms with E-state index >= 15 is 0 Å². The van der Waals surface area contributed by atoms with Gasteiger partial charge in [-0.25, -0.2) is 4.98 Å². The van der Waals surface area contributed by atoms with E-state index < -0.39 is 0 Å². The standard InChI is InChI=1S/C10H15N5O2/c1-7(16)12-4-5-13-10(17)9-3-2-8(15-11)6-14-9/h2-3,6,15H,4-5,11H2,1H3,(H,12,16)(H,13,17). The Morgan fingerprint density at radius 1 is 1.29 bits per heavy atom. The number of hydrogen-bond donors (Lipinski definition) is 4. The lowest BCUT2D eigenvalue weighted by Crippen LogP contribution is -2.33. The van der Waals surface area contributed by atoms with Crippen molar-refractivity contribution in [1.82, 2.24) is 15.6 Å². The lowest BCUT2D eigenvalue weighted by Gasteiger charge is -2.05. The van der Waals surface area contributed by atoms with Crippen molar-refractivity contribution >= 4 is 17.5 Å². The molecule has 5 N–H and O–H groups in total. The molecular formula is C10H15N5O2. The second-order valence-electron chi connectivity index (χ2n) is 3.32. The Morgan fingerprint density at radius 3 is 2.53 bits per heavy atom. The van der Waals surface area contributed by atoms with Gasteiger partial charge >= 0.3 is 0 Å². The predicted octanol–water partition coefficient (Wildman–Crippen LogP) is -0.767. The number of nitrogens with zero attached hydrogens (tertiary/aromatic N) is 1. The highest BCUT2D eigenvalue weighted by Crippen LogP contribution is 2.03. The number of anilines is 1. The summed E-state index contributed by atoms with van der Waals surface area (Å²) < 4.78 is 0. The van der Waals surface area contributed by atoms with Crippen LogP contribution in [0, 0.1) is 0 Å². The van der Waals surface area contributed by atoms with Gasteiger partial charge in [-0.15, -0.1) is 0 Å². The van der Waals surface area contributed by atoms with Crippen LogP contribution >= 0.6 is 0 Å². The van der Waals surface area contributed by atoms with Gasteiger partial charge in [-0.3, -0.25) is 15.4 Å². The Kier molecular flexibility index (Phi) is 4.89. The molecule has 0 aliphatic carbocycles. The summed E-state index contributed by atoms with van der Waals surface area (Å²) in [5.74, 6) is 4.75. The molecule has 1 aromatic heterocycles. The van der Waals surface area contributed by atoms with Gasteiger partial charge in [0.25, 0.3) is 5.91 Å². The Hall–Kier alpha value is -2.15. The molecule has 1 aromatic rings. The van der Waals surface area contributed by atoms with Crippen molar-refractivity contribution < 1.29 is 9.59 Å². The van der Waals surface area contributed by atoms with E-state index in [1.807, 2.05) is 0 Å². The summed E-state index contributed by atoms with van der Waals surface area (Å²) >= 11 is 0. The number of nitrogen functional groups attached to an aromatic ring is 1. The molecule has 0 radical (unpaired) electrons. The van der Waals surface area contributed by atoms with E-state index in [0.29, 0.717) is 24.5 Å². The number of pyridine rings is 1. The first-order chi connectivity index (χ1) is 8.13.